The standard InChI is InChI=1S/C14H19NO2/c16-13-5-3-4-12-8-11(10-17-14(12)13)9-15-6-1-2-7-15/h3-5,11,16H,1-2,6-10H2. The Morgan fingerprint density at radius 1 is 1.29 bits per heavy atom. The van der Waals surface area contributed by atoms with Crippen molar-refractivity contribution in [3.8, 4) is 11.5 Å². The summed E-state index contributed by atoms with van der Waals surface area (Å²) in [5, 5.41) is 9.69. The quantitative estimate of drug-likeness (QED) is 0.848. The lowest BCUT2D eigenvalue weighted by molar-refractivity contribution is 0.171. The van der Waals surface area contributed by atoms with Gasteiger partial charge in [-0.2, -0.15) is 0 Å². The zero-order chi connectivity index (χ0) is 11.7. The van der Waals surface area contributed by atoms with E-state index in [1.165, 1.54) is 25.9 Å². The van der Waals surface area contributed by atoms with Crippen molar-refractivity contribution >= 4 is 0 Å². The van der Waals surface area contributed by atoms with Crippen LogP contribution >= 0.6 is 0 Å². The number of phenols is 1. The highest BCUT2D eigenvalue weighted by molar-refractivity contribution is 5.46. The molecule has 1 atom stereocenters. The van der Waals surface area contributed by atoms with E-state index in [9.17, 15) is 5.11 Å². The zero-order valence-electron chi connectivity index (χ0n) is 10.1. The van der Waals surface area contributed by atoms with Crippen LogP contribution in [0.4, 0.5) is 0 Å². The van der Waals surface area contributed by atoms with Crippen molar-refractivity contribution in [2.24, 2.45) is 5.92 Å². The molecule has 0 bridgehead atoms. The van der Waals surface area contributed by atoms with Crippen LogP contribution in [0.1, 0.15) is 18.4 Å². The molecule has 2 aliphatic rings. The fourth-order valence-corrected chi connectivity index (χ4v) is 2.92. The molecule has 0 amide bonds. The Morgan fingerprint density at radius 3 is 2.94 bits per heavy atom. The number of ether oxygens (including phenoxy) is 1. The van der Waals surface area contributed by atoms with E-state index in [1.54, 1.807) is 6.07 Å². The van der Waals surface area contributed by atoms with Crippen LogP contribution in [-0.4, -0.2) is 36.2 Å². The van der Waals surface area contributed by atoms with Crippen LogP contribution < -0.4 is 4.74 Å². The fraction of sp³-hybridized carbons (Fsp3) is 0.571. The van der Waals surface area contributed by atoms with Gasteiger partial charge in [-0.25, -0.2) is 0 Å². The Kier molecular flexibility index (Phi) is 2.93. The van der Waals surface area contributed by atoms with Gasteiger partial charge in [-0.05, 0) is 44.0 Å². The molecular weight excluding hydrogens is 214 g/mol. The first-order chi connectivity index (χ1) is 8.33. The van der Waals surface area contributed by atoms with E-state index < -0.39 is 0 Å². The first kappa shape index (κ1) is 10.9. The molecule has 0 aliphatic carbocycles. The zero-order valence-corrected chi connectivity index (χ0v) is 10.1. The molecular formula is C14H19NO2. The van der Waals surface area contributed by atoms with E-state index >= 15 is 0 Å². The summed E-state index contributed by atoms with van der Waals surface area (Å²) in [7, 11) is 0. The van der Waals surface area contributed by atoms with Gasteiger partial charge in [-0.3, -0.25) is 0 Å². The molecule has 2 aliphatic heterocycles. The Morgan fingerprint density at radius 2 is 2.12 bits per heavy atom. The van der Waals surface area contributed by atoms with Crippen LogP contribution in [0.15, 0.2) is 18.2 Å². The number of rotatable bonds is 2. The van der Waals surface area contributed by atoms with Crippen molar-refractivity contribution in [3.05, 3.63) is 23.8 Å². The maximum absolute atomic E-state index is 9.69. The summed E-state index contributed by atoms with van der Waals surface area (Å²) in [6.07, 6.45) is 3.70. The van der Waals surface area contributed by atoms with Crippen molar-refractivity contribution in [3.63, 3.8) is 0 Å². The Labute approximate surface area is 102 Å². The molecule has 1 aromatic rings. The summed E-state index contributed by atoms with van der Waals surface area (Å²) in [5.41, 5.74) is 1.15. The van der Waals surface area contributed by atoms with Crippen LogP contribution in [0.5, 0.6) is 11.5 Å². The topological polar surface area (TPSA) is 32.7 Å². The number of nitrogens with zero attached hydrogens (tertiary/aromatic N) is 1. The van der Waals surface area contributed by atoms with E-state index in [0.717, 1.165) is 25.1 Å². The van der Waals surface area contributed by atoms with Crippen molar-refractivity contribution < 1.29 is 9.84 Å². The van der Waals surface area contributed by atoms with Crippen LogP contribution in [0.2, 0.25) is 0 Å². The first-order valence-corrected chi connectivity index (χ1v) is 6.49. The molecule has 0 radical (unpaired) electrons. The predicted octanol–water partition coefficient (Wildman–Crippen LogP) is 2.04. The summed E-state index contributed by atoms with van der Waals surface area (Å²) in [5.74, 6) is 1.55. The molecule has 0 spiro atoms. The summed E-state index contributed by atoms with van der Waals surface area (Å²) >= 11 is 0. The highest BCUT2D eigenvalue weighted by Gasteiger charge is 2.24. The van der Waals surface area contributed by atoms with E-state index in [0.29, 0.717) is 11.7 Å². The number of hydrogen-bond donors (Lipinski definition) is 1. The van der Waals surface area contributed by atoms with Gasteiger partial charge in [0.25, 0.3) is 0 Å². The smallest absolute Gasteiger partial charge is 0.164 e. The number of hydrogen-bond acceptors (Lipinski definition) is 3. The fourth-order valence-electron chi connectivity index (χ4n) is 2.92. The van der Waals surface area contributed by atoms with Crippen LogP contribution in [0, 0.1) is 5.92 Å². The van der Waals surface area contributed by atoms with Crippen molar-refractivity contribution in [1.82, 2.24) is 4.90 Å². The lowest BCUT2D eigenvalue weighted by atomic mass is 9.96. The molecule has 92 valence electrons. The molecule has 1 fully saturated rings. The molecule has 2 heterocycles. The predicted molar refractivity (Wildman–Crippen MR) is 66.5 cm³/mol. The van der Waals surface area contributed by atoms with Crippen molar-refractivity contribution in [2.75, 3.05) is 26.2 Å². The van der Waals surface area contributed by atoms with E-state index in [2.05, 4.69) is 11.0 Å². The van der Waals surface area contributed by atoms with Gasteiger partial charge in [0.2, 0.25) is 0 Å². The Balaban J connectivity index is 1.68. The second-order valence-electron chi connectivity index (χ2n) is 5.15. The van der Waals surface area contributed by atoms with Gasteiger partial charge in [0.1, 0.15) is 0 Å². The molecule has 0 saturated carbocycles. The summed E-state index contributed by atoms with van der Waals surface area (Å²) in [6.45, 7) is 4.35. The highest BCUT2D eigenvalue weighted by atomic mass is 16.5. The van der Waals surface area contributed by atoms with E-state index in [1.807, 2.05) is 6.07 Å². The largest absolute Gasteiger partial charge is 0.504 e. The first-order valence-electron chi connectivity index (χ1n) is 6.49. The average molecular weight is 233 g/mol. The molecule has 1 saturated heterocycles. The second-order valence-corrected chi connectivity index (χ2v) is 5.15. The maximum Gasteiger partial charge on any atom is 0.164 e. The minimum atomic E-state index is 0.280. The van der Waals surface area contributed by atoms with Gasteiger partial charge < -0.3 is 14.7 Å². The Hall–Kier alpha value is -1.22. The summed E-state index contributed by atoms with van der Waals surface area (Å²) in [6, 6.07) is 5.65. The van der Waals surface area contributed by atoms with Crippen LogP contribution in [0.25, 0.3) is 0 Å². The molecule has 1 unspecified atom stereocenters. The number of fused-ring (bicyclic) bond motifs is 1. The molecule has 1 aromatic carbocycles. The highest BCUT2D eigenvalue weighted by Crippen LogP contribution is 2.35. The number of likely N-dealkylation sites (tertiary alicyclic amines) is 1. The molecule has 3 nitrogen and oxygen atoms in total. The van der Waals surface area contributed by atoms with Gasteiger partial charge in [0.05, 0.1) is 6.61 Å². The van der Waals surface area contributed by atoms with Crippen molar-refractivity contribution in [1.29, 1.82) is 0 Å². The molecule has 3 heteroatoms. The van der Waals surface area contributed by atoms with E-state index in [4.69, 9.17) is 4.74 Å². The third kappa shape index (κ3) is 2.25. The third-order valence-electron chi connectivity index (χ3n) is 3.76. The van der Waals surface area contributed by atoms with Gasteiger partial charge >= 0.3 is 0 Å². The maximum atomic E-state index is 9.69. The minimum Gasteiger partial charge on any atom is -0.504 e. The molecule has 17 heavy (non-hydrogen) atoms. The van der Waals surface area contributed by atoms with Crippen LogP contribution in [-0.2, 0) is 6.42 Å². The van der Waals surface area contributed by atoms with Gasteiger partial charge in [-0.15, -0.1) is 0 Å². The molecule has 3 rings (SSSR count). The summed E-state index contributed by atoms with van der Waals surface area (Å²) < 4.78 is 5.70. The van der Waals surface area contributed by atoms with Crippen LogP contribution in [0.3, 0.4) is 0 Å². The SMILES string of the molecule is Oc1cccc2c1OCC(CN1CCCC1)C2. The van der Waals surface area contributed by atoms with Crippen molar-refractivity contribution in [2.45, 2.75) is 19.3 Å². The number of para-hydroxylation sites is 1. The minimum absolute atomic E-state index is 0.280. The lowest BCUT2D eigenvalue weighted by Crippen LogP contribution is -2.33. The monoisotopic (exact) mass is 233 g/mol. The summed E-state index contributed by atoms with van der Waals surface area (Å²) in [4.78, 5) is 2.53. The third-order valence-corrected chi connectivity index (χ3v) is 3.76. The molecule has 0 aromatic heterocycles. The number of aromatic hydroxyl groups is 1. The second kappa shape index (κ2) is 4.57. The molecule has 1 N–H and O–H groups in total. The van der Waals surface area contributed by atoms with Gasteiger partial charge in [-0.1, -0.05) is 12.1 Å². The lowest BCUT2D eigenvalue weighted by Gasteiger charge is -2.28. The Bertz CT molecular complexity index is 399. The normalized spacial score (nSPS) is 24.4. The average Bonchev–Trinajstić information content (AvgIpc) is 2.82. The van der Waals surface area contributed by atoms with E-state index in [-0.39, 0.29) is 5.75 Å². The van der Waals surface area contributed by atoms with Gasteiger partial charge in [0, 0.05) is 12.5 Å². The number of phenolic OH excluding ortho intramolecular Hbond substituents is 1. The number of benzene rings is 1. The van der Waals surface area contributed by atoms with Gasteiger partial charge in [0.15, 0.2) is 11.5 Å².